The number of carbonyl (C=O) groups is 1. The molecule has 0 aromatic carbocycles. The van der Waals surface area contributed by atoms with Gasteiger partial charge in [0.15, 0.2) is 5.82 Å². The van der Waals surface area contributed by atoms with E-state index in [-0.39, 0.29) is 11.9 Å². The SMILES string of the molecule is Cc1noc(C)c1[C@H]1CCCN1C(=O)CCn1nnnc1CN1CCOCC1. The van der Waals surface area contributed by atoms with E-state index in [0.717, 1.165) is 68.5 Å². The van der Waals surface area contributed by atoms with Crippen LogP contribution < -0.4 is 0 Å². The second kappa shape index (κ2) is 8.36. The fraction of sp³-hybridized carbons (Fsp3) is 0.722. The first-order valence-corrected chi connectivity index (χ1v) is 9.91. The summed E-state index contributed by atoms with van der Waals surface area (Å²) >= 11 is 0. The molecule has 2 aromatic rings. The number of aryl methyl sites for hydroxylation is 3. The number of amides is 1. The minimum atomic E-state index is 0.0560. The summed E-state index contributed by atoms with van der Waals surface area (Å²) in [5.74, 6) is 1.71. The van der Waals surface area contributed by atoms with Gasteiger partial charge in [0, 0.05) is 31.6 Å². The van der Waals surface area contributed by atoms with Crippen LogP contribution in [0.2, 0.25) is 0 Å². The average molecular weight is 389 g/mol. The third-order valence-corrected chi connectivity index (χ3v) is 5.61. The van der Waals surface area contributed by atoms with Crippen LogP contribution in [0.3, 0.4) is 0 Å². The quantitative estimate of drug-likeness (QED) is 0.717. The number of hydrogen-bond acceptors (Lipinski definition) is 8. The van der Waals surface area contributed by atoms with Gasteiger partial charge in [-0.2, -0.15) is 0 Å². The predicted molar refractivity (Wildman–Crippen MR) is 98.2 cm³/mol. The molecule has 0 unspecified atom stereocenters. The molecule has 2 aliphatic rings. The number of rotatable bonds is 6. The number of ether oxygens (including phenoxy) is 1. The summed E-state index contributed by atoms with van der Waals surface area (Å²) in [6, 6.07) is 0.0560. The van der Waals surface area contributed by atoms with E-state index in [9.17, 15) is 4.79 Å². The van der Waals surface area contributed by atoms with Gasteiger partial charge in [-0.15, -0.1) is 5.10 Å². The normalized spacial score (nSPS) is 20.8. The molecule has 0 bridgehead atoms. The Balaban J connectivity index is 1.37. The molecule has 4 rings (SSSR count). The maximum Gasteiger partial charge on any atom is 0.224 e. The van der Waals surface area contributed by atoms with Crippen molar-refractivity contribution in [2.24, 2.45) is 0 Å². The molecule has 2 aliphatic heterocycles. The van der Waals surface area contributed by atoms with Crippen molar-refractivity contribution in [3.8, 4) is 0 Å². The summed E-state index contributed by atoms with van der Waals surface area (Å²) in [7, 11) is 0. The van der Waals surface area contributed by atoms with Crippen LogP contribution in [-0.2, 0) is 22.6 Å². The van der Waals surface area contributed by atoms with E-state index >= 15 is 0 Å². The lowest BCUT2D eigenvalue weighted by atomic mass is 10.0. The number of carbonyl (C=O) groups excluding carboxylic acids is 1. The van der Waals surface area contributed by atoms with Gasteiger partial charge in [-0.05, 0) is 37.1 Å². The van der Waals surface area contributed by atoms with E-state index in [1.807, 2.05) is 18.7 Å². The third kappa shape index (κ3) is 3.93. The van der Waals surface area contributed by atoms with Crippen molar-refractivity contribution in [1.82, 2.24) is 35.2 Å². The molecule has 2 aromatic heterocycles. The van der Waals surface area contributed by atoms with Gasteiger partial charge < -0.3 is 14.2 Å². The maximum atomic E-state index is 12.9. The molecule has 2 fully saturated rings. The smallest absolute Gasteiger partial charge is 0.224 e. The van der Waals surface area contributed by atoms with Gasteiger partial charge in [-0.1, -0.05) is 5.16 Å². The van der Waals surface area contributed by atoms with Crippen molar-refractivity contribution in [2.75, 3.05) is 32.8 Å². The standard InChI is InChI=1S/C18H27N7O3/c1-13-18(14(2)28-20-13)15-4-3-6-24(15)17(26)5-7-25-16(19-21-22-25)12-23-8-10-27-11-9-23/h15H,3-12H2,1-2H3/t15-/m1/s1. The lowest BCUT2D eigenvalue weighted by Crippen LogP contribution is -2.36. The molecular weight excluding hydrogens is 362 g/mol. The molecule has 152 valence electrons. The molecule has 10 heteroatoms. The summed E-state index contributed by atoms with van der Waals surface area (Å²) in [5.41, 5.74) is 1.93. The third-order valence-electron chi connectivity index (χ3n) is 5.61. The van der Waals surface area contributed by atoms with Gasteiger partial charge >= 0.3 is 0 Å². The van der Waals surface area contributed by atoms with Crippen LogP contribution in [0.4, 0.5) is 0 Å². The summed E-state index contributed by atoms with van der Waals surface area (Å²) in [6.07, 6.45) is 2.32. The van der Waals surface area contributed by atoms with Crippen LogP contribution in [0, 0.1) is 13.8 Å². The first kappa shape index (κ1) is 19.0. The Kier molecular flexibility index (Phi) is 5.67. The van der Waals surface area contributed by atoms with Gasteiger partial charge in [-0.3, -0.25) is 9.69 Å². The average Bonchev–Trinajstić information content (AvgIpc) is 3.41. The number of aromatic nitrogens is 5. The molecule has 28 heavy (non-hydrogen) atoms. The Hall–Kier alpha value is -2.33. The molecule has 1 atom stereocenters. The molecule has 1 amide bonds. The highest BCUT2D eigenvalue weighted by Gasteiger charge is 2.33. The van der Waals surface area contributed by atoms with Crippen LogP contribution in [0.15, 0.2) is 4.52 Å². The minimum absolute atomic E-state index is 0.0560. The molecule has 2 saturated heterocycles. The predicted octanol–water partition coefficient (Wildman–Crippen LogP) is 0.864. The zero-order chi connectivity index (χ0) is 19.5. The highest BCUT2D eigenvalue weighted by molar-refractivity contribution is 5.77. The Morgan fingerprint density at radius 2 is 2.04 bits per heavy atom. The number of tetrazole rings is 1. The molecule has 0 N–H and O–H groups in total. The van der Waals surface area contributed by atoms with Crippen molar-refractivity contribution in [3.05, 3.63) is 22.8 Å². The van der Waals surface area contributed by atoms with Crippen LogP contribution in [0.1, 0.15) is 48.1 Å². The van der Waals surface area contributed by atoms with Crippen molar-refractivity contribution in [2.45, 2.75) is 52.2 Å². The second-order valence-electron chi connectivity index (χ2n) is 7.44. The highest BCUT2D eigenvalue weighted by atomic mass is 16.5. The van der Waals surface area contributed by atoms with Crippen molar-refractivity contribution < 1.29 is 14.1 Å². The summed E-state index contributed by atoms with van der Waals surface area (Å²) in [6.45, 7) is 8.99. The summed E-state index contributed by atoms with van der Waals surface area (Å²) < 4.78 is 12.4. The van der Waals surface area contributed by atoms with E-state index in [1.165, 1.54) is 0 Å². The van der Waals surface area contributed by atoms with Crippen molar-refractivity contribution in [3.63, 3.8) is 0 Å². The summed E-state index contributed by atoms with van der Waals surface area (Å²) in [5, 5.41) is 16.1. The van der Waals surface area contributed by atoms with E-state index in [0.29, 0.717) is 19.5 Å². The molecule has 4 heterocycles. The maximum absolute atomic E-state index is 12.9. The first-order valence-electron chi connectivity index (χ1n) is 9.91. The number of nitrogens with zero attached hydrogens (tertiary/aromatic N) is 7. The lowest BCUT2D eigenvalue weighted by molar-refractivity contribution is -0.132. The Morgan fingerprint density at radius 1 is 1.21 bits per heavy atom. The zero-order valence-corrected chi connectivity index (χ0v) is 16.5. The Morgan fingerprint density at radius 3 is 2.79 bits per heavy atom. The zero-order valence-electron chi connectivity index (χ0n) is 16.5. The van der Waals surface area contributed by atoms with E-state index in [4.69, 9.17) is 9.26 Å². The Labute approximate surface area is 163 Å². The highest BCUT2D eigenvalue weighted by Crippen LogP contribution is 2.35. The number of likely N-dealkylation sites (tertiary alicyclic amines) is 1. The number of hydrogen-bond donors (Lipinski definition) is 0. The lowest BCUT2D eigenvalue weighted by Gasteiger charge is -2.26. The van der Waals surface area contributed by atoms with Crippen LogP contribution >= 0.6 is 0 Å². The minimum Gasteiger partial charge on any atom is -0.379 e. The van der Waals surface area contributed by atoms with Gasteiger partial charge in [0.1, 0.15) is 5.76 Å². The fourth-order valence-corrected chi connectivity index (χ4v) is 4.15. The van der Waals surface area contributed by atoms with Crippen LogP contribution in [0.5, 0.6) is 0 Å². The van der Waals surface area contributed by atoms with Crippen LogP contribution in [0.25, 0.3) is 0 Å². The van der Waals surface area contributed by atoms with Crippen LogP contribution in [-0.4, -0.2) is 73.9 Å². The molecule has 0 radical (unpaired) electrons. The molecule has 0 spiro atoms. The monoisotopic (exact) mass is 389 g/mol. The largest absolute Gasteiger partial charge is 0.379 e. The fourth-order valence-electron chi connectivity index (χ4n) is 4.15. The summed E-state index contributed by atoms with van der Waals surface area (Å²) in [4.78, 5) is 17.2. The topological polar surface area (TPSA) is 102 Å². The second-order valence-corrected chi connectivity index (χ2v) is 7.44. The van der Waals surface area contributed by atoms with Gasteiger partial charge in [0.2, 0.25) is 5.91 Å². The van der Waals surface area contributed by atoms with Crippen molar-refractivity contribution in [1.29, 1.82) is 0 Å². The molecule has 0 saturated carbocycles. The van der Waals surface area contributed by atoms with Gasteiger partial charge in [0.05, 0.1) is 38.0 Å². The molecular formula is C18H27N7O3. The van der Waals surface area contributed by atoms with Crippen molar-refractivity contribution >= 4 is 5.91 Å². The number of morpholine rings is 1. The molecule has 10 nitrogen and oxygen atoms in total. The van der Waals surface area contributed by atoms with Gasteiger partial charge in [0.25, 0.3) is 0 Å². The first-order chi connectivity index (χ1) is 13.6. The van der Waals surface area contributed by atoms with Gasteiger partial charge in [-0.25, -0.2) is 4.68 Å². The van der Waals surface area contributed by atoms with E-state index in [1.54, 1.807) is 4.68 Å². The molecule has 0 aliphatic carbocycles. The van der Waals surface area contributed by atoms with E-state index < -0.39 is 0 Å². The van der Waals surface area contributed by atoms with E-state index in [2.05, 4.69) is 25.6 Å². The Bertz CT molecular complexity index is 792.